The number of hydrogen-bond acceptors (Lipinski definition) is 2. The molecule has 0 saturated heterocycles. The fourth-order valence-electron chi connectivity index (χ4n) is 1.47. The molecular weight excluding hydrogens is 208 g/mol. The molecule has 0 heterocycles. The van der Waals surface area contributed by atoms with Gasteiger partial charge in [-0.05, 0) is 42.7 Å². The predicted octanol–water partition coefficient (Wildman–Crippen LogP) is 4.06. The minimum atomic E-state index is 0.752. The summed E-state index contributed by atoms with van der Waals surface area (Å²) in [6, 6.07) is 8.10. The zero-order valence-corrected chi connectivity index (χ0v) is 10.6. The van der Waals surface area contributed by atoms with Crippen LogP contribution in [0.1, 0.15) is 32.3 Å². The molecule has 0 aliphatic heterocycles. The molecule has 2 N–H and O–H groups in total. The first-order valence-corrected chi connectivity index (χ1v) is 5.88. The van der Waals surface area contributed by atoms with Crippen LogP contribution < -0.4 is 5.73 Å². The summed E-state index contributed by atoms with van der Waals surface area (Å²) < 4.78 is 0. The molecule has 0 amide bonds. The maximum atomic E-state index is 5.51. The molecule has 0 unspecified atom stereocenters. The van der Waals surface area contributed by atoms with Gasteiger partial charge < -0.3 is 5.73 Å². The van der Waals surface area contributed by atoms with Crippen LogP contribution in [0.15, 0.2) is 47.6 Å². The second kappa shape index (κ2) is 6.69. The van der Waals surface area contributed by atoms with Gasteiger partial charge in [0.05, 0.1) is 5.69 Å². The van der Waals surface area contributed by atoms with Gasteiger partial charge in [-0.25, -0.2) is 0 Å². The minimum absolute atomic E-state index is 0.752. The summed E-state index contributed by atoms with van der Waals surface area (Å²) in [7, 11) is 0. The Morgan fingerprint density at radius 1 is 1.35 bits per heavy atom. The van der Waals surface area contributed by atoms with Gasteiger partial charge in [-0.15, -0.1) is 0 Å². The van der Waals surface area contributed by atoms with E-state index in [2.05, 4.69) is 30.6 Å². The van der Waals surface area contributed by atoms with Crippen molar-refractivity contribution < 1.29 is 0 Å². The molecule has 1 aromatic rings. The summed E-state index contributed by atoms with van der Waals surface area (Å²) in [4.78, 5) is 4.28. The number of nitrogens with zero attached hydrogens (tertiary/aromatic N) is 1. The first kappa shape index (κ1) is 13.2. The van der Waals surface area contributed by atoms with Crippen LogP contribution in [0.25, 0.3) is 5.57 Å². The first-order valence-electron chi connectivity index (χ1n) is 5.88. The van der Waals surface area contributed by atoms with Crippen molar-refractivity contribution in [1.82, 2.24) is 0 Å². The van der Waals surface area contributed by atoms with Crippen molar-refractivity contribution in [1.29, 1.82) is 0 Å². The van der Waals surface area contributed by atoms with E-state index in [1.807, 2.05) is 19.1 Å². The Labute approximate surface area is 104 Å². The fourth-order valence-corrected chi connectivity index (χ4v) is 1.47. The minimum Gasteiger partial charge on any atom is -0.402 e. The maximum absolute atomic E-state index is 5.51. The van der Waals surface area contributed by atoms with Gasteiger partial charge in [0.15, 0.2) is 0 Å². The molecule has 0 aromatic heterocycles. The van der Waals surface area contributed by atoms with Gasteiger partial charge in [0.1, 0.15) is 0 Å². The summed E-state index contributed by atoms with van der Waals surface area (Å²) >= 11 is 0. The normalized spacial score (nSPS) is 12.0. The lowest BCUT2D eigenvalue weighted by atomic mass is 10.0. The molecule has 90 valence electrons. The van der Waals surface area contributed by atoms with Crippen molar-refractivity contribution in [3.63, 3.8) is 0 Å². The van der Waals surface area contributed by atoms with E-state index in [0.717, 1.165) is 24.2 Å². The average Bonchev–Trinajstić information content (AvgIpc) is 2.30. The van der Waals surface area contributed by atoms with Gasteiger partial charge in [0.25, 0.3) is 0 Å². The number of allylic oxidation sites excluding steroid dienone is 3. The fraction of sp³-hybridized carbons (Fsp3) is 0.267. The SMILES string of the molecule is C=C(CCC)c1ccc(N=CC=C(C)N)cc1. The summed E-state index contributed by atoms with van der Waals surface area (Å²) in [5, 5.41) is 0. The van der Waals surface area contributed by atoms with Gasteiger partial charge in [-0.3, -0.25) is 4.99 Å². The molecule has 0 radical (unpaired) electrons. The predicted molar refractivity (Wildman–Crippen MR) is 76.5 cm³/mol. The van der Waals surface area contributed by atoms with E-state index in [4.69, 9.17) is 5.73 Å². The molecule has 17 heavy (non-hydrogen) atoms. The highest BCUT2D eigenvalue weighted by Gasteiger charge is 1.97. The number of hydrogen-bond donors (Lipinski definition) is 1. The van der Waals surface area contributed by atoms with E-state index < -0.39 is 0 Å². The van der Waals surface area contributed by atoms with Crippen LogP contribution in [-0.2, 0) is 0 Å². The second-order valence-corrected chi connectivity index (χ2v) is 4.09. The number of benzene rings is 1. The third-order valence-electron chi connectivity index (χ3n) is 2.39. The van der Waals surface area contributed by atoms with Crippen LogP contribution in [0.3, 0.4) is 0 Å². The van der Waals surface area contributed by atoms with Crippen molar-refractivity contribution in [2.45, 2.75) is 26.7 Å². The van der Waals surface area contributed by atoms with Gasteiger partial charge in [0.2, 0.25) is 0 Å². The largest absolute Gasteiger partial charge is 0.402 e. The molecule has 0 aliphatic rings. The van der Waals surface area contributed by atoms with Crippen molar-refractivity contribution in [3.8, 4) is 0 Å². The number of rotatable bonds is 5. The molecule has 1 aromatic carbocycles. The molecule has 2 nitrogen and oxygen atoms in total. The monoisotopic (exact) mass is 228 g/mol. The topological polar surface area (TPSA) is 38.4 Å². The van der Waals surface area contributed by atoms with E-state index in [-0.39, 0.29) is 0 Å². The Morgan fingerprint density at radius 3 is 2.53 bits per heavy atom. The van der Waals surface area contributed by atoms with E-state index >= 15 is 0 Å². The van der Waals surface area contributed by atoms with Crippen LogP contribution >= 0.6 is 0 Å². The van der Waals surface area contributed by atoms with Gasteiger partial charge >= 0.3 is 0 Å². The Hall–Kier alpha value is -1.83. The summed E-state index contributed by atoms with van der Waals surface area (Å²) in [6.45, 7) is 8.06. The maximum Gasteiger partial charge on any atom is 0.0630 e. The zero-order chi connectivity index (χ0) is 12.7. The van der Waals surface area contributed by atoms with Gasteiger partial charge in [-0.1, -0.05) is 32.1 Å². The molecule has 0 spiro atoms. The highest BCUT2D eigenvalue weighted by atomic mass is 14.7. The van der Waals surface area contributed by atoms with Crippen LogP contribution in [0.2, 0.25) is 0 Å². The lowest BCUT2D eigenvalue weighted by molar-refractivity contribution is 0.975. The van der Waals surface area contributed by atoms with Crippen molar-refractivity contribution >= 4 is 17.5 Å². The zero-order valence-electron chi connectivity index (χ0n) is 10.6. The molecule has 0 fully saturated rings. The van der Waals surface area contributed by atoms with E-state index in [0.29, 0.717) is 0 Å². The lowest BCUT2D eigenvalue weighted by Gasteiger charge is -2.03. The van der Waals surface area contributed by atoms with E-state index in [9.17, 15) is 0 Å². The quantitative estimate of drug-likeness (QED) is 0.758. The Bertz CT molecular complexity index is 421. The van der Waals surface area contributed by atoms with Crippen LogP contribution in [0.5, 0.6) is 0 Å². The Kier molecular flexibility index (Phi) is 5.21. The van der Waals surface area contributed by atoms with E-state index in [1.165, 1.54) is 11.1 Å². The third-order valence-corrected chi connectivity index (χ3v) is 2.39. The van der Waals surface area contributed by atoms with Gasteiger partial charge in [0, 0.05) is 11.9 Å². The first-order chi connectivity index (χ1) is 8.13. The van der Waals surface area contributed by atoms with Crippen LogP contribution in [-0.4, -0.2) is 6.21 Å². The highest BCUT2D eigenvalue weighted by Crippen LogP contribution is 2.20. The molecule has 0 atom stereocenters. The van der Waals surface area contributed by atoms with Crippen LogP contribution in [0, 0.1) is 0 Å². The molecule has 0 aliphatic carbocycles. The summed E-state index contributed by atoms with van der Waals surface area (Å²) in [6.07, 6.45) is 5.66. The van der Waals surface area contributed by atoms with Crippen molar-refractivity contribution in [2.75, 3.05) is 0 Å². The number of aliphatic imine (C=N–C) groups is 1. The summed E-state index contributed by atoms with van der Waals surface area (Å²) in [5.41, 5.74) is 9.56. The molecule has 0 saturated carbocycles. The van der Waals surface area contributed by atoms with Gasteiger partial charge in [-0.2, -0.15) is 0 Å². The Balaban J connectivity index is 2.71. The van der Waals surface area contributed by atoms with Crippen molar-refractivity contribution in [3.05, 3.63) is 48.2 Å². The highest BCUT2D eigenvalue weighted by molar-refractivity contribution is 5.75. The smallest absolute Gasteiger partial charge is 0.0630 e. The third kappa shape index (κ3) is 4.68. The lowest BCUT2D eigenvalue weighted by Crippen LogP contribution is -1.89. The Morgan fingerprint density at radius 2 is 2.00 bits per heavy atom. The molecule has 2 heteroatoms. The standard InChI is InChI=1S/C15H20N2/c1-4-5-12(2)14-6-8-15(9-7-14)17-11-10-13(3)16/h6-11H,2,4-5,16H2,1,3H3. The molecule has 1 rings (SSSR count). The molecular formula is C15H20N2. The second-order valence-electron chi connectivity index (χ2n) is 4.09. The molecule has 0 bridgehead atoms. The average molecular weight is 228 g/mol. The number of nitrogens with two attached hydrogens (primary N) is 1. The van der Waals surface area contributed by atoms with Crippen LogP contribution in [0.4, 0.5) is 5.69 Å². The summed E-state index contributed by atoms with van der Waals surface area (Å²) in [5.74, 6) is 0. The van der Waals surface area contributed by atoms with E-state index in [1.54, 1.807) is 12.3 Å². The van der Waals surface area contributed by atoms with Crippen molar-refractivity contribution in [2.24, 2.45) is 10.7 Å².